The van der Waals surface area contributed by atoms with E-state index < -0.39 is 0 Å². The molecule has 8 rings (SSSR count). The van der Waals surface area contributed by atoms with Gasteiger partial charge in [0.25, 0.3) is 0 Å². The molecule has 1 nitrogen and oxygen atoms in total. The van der Waals surface area contributed by atoms with Gasteiger partial charge in [0, 0.05) is 0 Å². The predicted octanol–water partition coefficient (Wildman–Crippen LogP) is 7.95. The van der Waals surface area contributed by atoms with Crippen molar-refractivity contribution in [1.29, 1.82) is 0 Å². The van der Waals surface area contributed by atoms with Crippen molar-refractivity contribution < 1.29 is 0 Å². The zero-order valence-corrected chi connectivity index (χ0v) is 24.2. The first-order valence-corrected chi connectivity index (χ1v) is 14.7. The second kappa shape index (κ2) is 8.66. The third-order valence-corrected chi connectivity index (χ3v) is 9.89. The van der Waals surface area contributed by atoms with Crippen molar-refractivity contribution in [2.24, 2.45) is 0 Å². The summed E-state index contributed by atoms with van der Waals surface area (Å²) in [6.07, 6.45) is 0. The van der Waals surface area contributed by atoms with Crippen LogP contribution in [0.4, 0.5) is 5.69 Å². The van der Waals surface area contributed by atoms with Crippen LogP contribution in [0.1, 0.15) is 84.4 Å². The number of allylic oxidation sites excluding steroid dienone is 1. The van der Waals surface area contributed by atoms with Crippen LogP contribution >= 0.6 is 0 Å². The van der Waals surface area contributed by atoms with Crippen molar-refractivity contribution in [3.05, 3.63) is 142 Å². The van der Waals surface area contributed by atoms with E-state index in [0.717, 1.165) is 6.54 Å². The fraction of sp³-hybridized carbons (Fsp3) is 0.250. The van der Waals surface area contributed by atoms with Gasteiger partial charge < -0.3 is 0 Å². The molecule has 1 saturated heterocycles. The van der Waals surface area contributed by atoms with Crippen LogP contribution in [-0.4, -0.2) is 26.7 Å². The molecule has 0 radical (unpaired) electrons. The van der Waals surface area contributed by atoms with E-state index in [4.69, 9.17) is 0 Å². The molecule has 0 atom stereocenters. The first-order valence-electron chi connectivity index (χ1n) is 13.9. The van der Waals surface area contributed by atoms with Crippen LogP contribution in [-0.2, 0) is 5.41 Å². The zero-order valence-electron chi connectivity index (χ0n) is 22.5. The van der Waals surface area contributed by atoms with Gasteiger partial charge in [0.2, 0.25) is 0 Å². The summed E-state index contributed by atoms with van der Waals surface area (Å²) in [5.74, 6) is 1.11. The number of hydrogen-bond acceptors (Lipinski definition) is 1. The Morgan fingerprint density at radius 2 is 1.21 bits per heavy atom. The SMILES string of the molecule is CC(C)c1cccc(C(C)C)c1N1CC23C(=C(c4ccccc4)C(c4ccccc42)c2ccccc23)C1=[Se]. The molecule has 4 aromatic carbocycles. The Hall–Kier alpha value is -3.19. The van der Waals surface area contributed by atoms with Gasteiger partial charge in [0.15, 0.2) is 0 Å². The summed E-state index contributed by atoms with van der Waals surface area (Å²) >= 11 is 3.64. The molecule has 0 saturated carbocycles. The molecule has 2 bridgehead atoms. The Bertz CT molecular complexity index is 1550. The van der Waals surface area contributed by atoms with E-state index in [1.807, 2.05) is 0 Å². The average Bonchev–Trinajstić information content (AvgIpc) is 3.26. The van der Waals surface area contributed by atoms with E-state index in [2.05, 4.69) is 145 Å². The van der Waals surface area contributed by atoms with Crippen molar-refractivity contribution in [3.8, 4) is 0 Å². The summed E-state index contributed by atoms with van der Waals surface area (Å²) in [6, 6.07) is 36.5. The summed E-state index contributed by atoms with van der Waals surface area (Å²) in [6.45, 7) is 10.2. The number of nitrogens with zero attached hydrogens (tertiary/aromatic N) is 1. The number of hydrogen-bond donors (Lipinski definition) is 0. The fourth-order valence-electron chi connectivity index (χ4n) is 7.47. The second-order valence-corrected chi connectivity index (χ2v) is 12.5. The van der Waals surface area contributed by atoms with Gasteiger partial charge in [0.1, 0.15) is 0 Å². The Morgan fingerprint density at radius 1 is 0.684 bits per heavy atom. The van der Waals surface area contributed by atoms with Crippen molar-refractivity contribution in [2.45, 2.75) is 50.9 Å². The van der Waals surface area contributed by atoms with Crippen LogP contribution in [0.15, 0.2) is 103 Å². The Balaban J connectivity index is 1.59. The molecule has 0 aromatic heterocycles. The monoisotopic (exact) mass is 559 g/mol. The summed E-state index contributed by atoms with van der Waals surface area (Å²) < 4.78 is 1.29. The van der Waals surface area contributed by atoms with Gasteiger partial charge in [-0.15, -0.1) is 0 Å². The normalized spacial score (nSPS) is 21.3. The molecule has 0 amide bonds. The van der Waals surface area contributed by atoms with Crippen molar-refractivity contribution in [3.63, 3.8) is 0 Å². The number of rotatable bonds is 4. The molecule has 0 N–H and O–H groups in total. The van der Waals surface area contributed by atoms with Gasteiger partial charge >= 0.3 is 235 Å². The number of para-hydroxylation sites is 1. The number of benzene rings is 4. The van der Waals surface area contributed by atoms with Crippen LogP contribution in [0.2, 0.25) is 0 Å². The minimum absolute atomic E-state index is 0.216. The molecule has 188 valence electrons. The van der Waals surface area contributed by atoms with Gasteiger partial charge in [-0.3, -0.25) is 0 Å². The molecule has 4 aliphatic rings. The molecule has 1 spiro atoms. The van der Waals surface area contributed by atoms with Crippen molar-refractivity contribution >= 4 is 31.4 Å². The fourth-order valence-corrected chi connectivity index (χ4v) is 8.39. The first-order chi connectivity index (χ1) is 18.4. The van der Waals surface area contributed by atoms with Gasteiger partial charge in [-0.05, 0) is 0 Å². The molecular weight excluding hydrogens is 525 g/mol. The average molecular weight is 559 g/mol. The quantitative estimate of drug-likeness (QED) is 0.230. The van der Waals surface area contributed by atoms with Crippen molar-refractivity contribution in [1.82, 2.24) is 0 Å². The molecule has 4 aromatic rings. The third kappa shape index (κ3) is 3.08. The van der Waals surface area contributed by atoms with Crippen LogP contribution in [0.5, 0.6) is 0 Å². The Morgan fingerprint density at radius 3 is 1.76 bits per heavy atom. The minimum atomic E-state index is -0.216. The van der Waals surface area contributed by atoms with Crippen LogP contribution in [0, 0.1) is 0 Å². The summed E-state index contributed by atoms with van der Waals surface area (Å²) in [4.78, 5) is 2.64. The summed E-state index contributed by atoms with van der Waals surface area (Å²) in [5, 5.41) is 0. The summed E-state index contributed by atoms with van der Waals surface area (Å²) in [5.41, 5.74) is 14.2. The van der Waals surface area contributed by atoms with E-state index in [1.165, 1.54) is 60.3 Å². The molecule has 2 heteroatoms. The third-order valence-electron chi connectivity index (χ3n) is 9.00. The molecule has 3 aliphatic carbocycles. The van der Waals surface area contributed by atoms with Gasteiger partial charge in [-0.1, -0.05) is 0 Å². The molecule has 0 unspecified atom stereocenters. The Labute approximate surface area is 234 Å². The molecular formula is C36H33NSe. The molecule has 1 aliphatic heterocycles. The topological polar surface area (TPSA) is 3.24 Å². The summed E-state index contributed by atoms with van der Waals surface area (Å²) in [7, 11) is 0. The van der Waals surface area contributed by atoms with E-state index in [-0.39, 0.29) is 11.3 Å². The van der Waals surface area contributed by atoms with Crippen LogP contribution < -0.4 is 4.90 Å². The maximum atomic E-state index is 3.64. The Kier molecular flexibility index (Phi) is 5.45. The van der Waals surface area contributed by atoms with E-state index in [1.54, 1.807) is 0 Å². The molecule has 1 fully saturated rings. The van der Waals surface area contributed by atoms with E-state index in [9.17, 15) is 0 Å². The van der Waals surface area contributed by atoms with Gasteiger partial charge in [-0.25, -0.2) is 0 Å². The standard InChI is InChI=1S/C36H33NSe/c1-22(2)25-17-12-18-26(23(3)4)34(25)37-21-36-29-19-10-8-15-27(29)32(28-16-9-11-20-30(28)36)31(33(36)35(37)38)24-13-6-5-7-14-24/h5-20,22-23,32H,21H2,1-4H3. The van der Waals surface area contributed by atoms with Gasteiger partial charge in [-0.2, -0.15) is 0 Å². The van der Waals surface area contributed by atoms with Gasteiger partial charge in [0.05, 0.1) is 0 Å². The van der Waals surface area contributed by atoms with Crippen LogP contribution in [0.25, 0.3) is 5.57 Å². The number of anilines is 1. The first kappa shape index (κ1) is 23.9. The second-order valence-electron chi connectivity index (χ2n) is 11.7. The molecule has 1 heterocycles. The van der Waals surface area contributed by atoms with E-state index >= 15 is 0 Å². The van der Waals surface area contributed by atoms with Crippen LogP contribution in [0.3, 0.4) is 0 Å². The van der Waals surface area contributed by atoms with Crippen molar-refractivity contribution in [2.75, 3.05) is 11.4 Å². The zero-order chi connectivity index (χ0) is 26.2. The maximum absolute atomic E-state index is 3.64. The molecule has 38 heavy (non-hydrogen) atoms. The van der Waals surface area contributed by atoms with E-state index in [0.29, 0.717) is 11.8 Å². The predicted molar refractivity (Wildman–Crippen MR) is 162 cm³/mol.